The highest BCUT2D eigenvalue weighted by atomic mass is 35.5. The van der Waals surface area contributed by atoms with Crippen LogP contribution in [0.15, 0.2) is 54.3 Å². The van der Waals surface area contributed by atoms with E-state index in [1.807, 2.05) is 24.3 Å². The number of methoxy groups -OCH3 is 1. The zero-order valence-electron chi connectivity index (χ0n) is 15.8. The maximum absolute atomic E-state index is 13.0. The molecule has 1 aliphatic heterocycles. The van der Waals surface area contributed by atoms with Gasteiger partial charge in [-0.05, 0) is 29.7 Å². The summed E-state index contributed by atoms with van der Waals surface area (Å²) in [5.41, 5.74) is 8.87. The van der Waals surface area contributed by atoms with Crippen molar-refractivity contribution >= 4 is 41.4 Å². The molecule has 0 fully saturated rings. The summed E-state index contributed by atoms with van der Waals surface area (Å²) in [4.78, 5) is 25.4. The second kappa shape index (κ2) is 9.25. The first-order chi connectivity index (χ1) is 13.4. The first-order valence-corrected chi connectivity index (χ1v) is 8.75. The van der Waals surface area contributed by atoms with Gasteiger partial charge >= 0.3 is 5.97 Å². The average molecular weight is 416 g/mol. The van der Waals surface area contributed by atoms with Crippen LogP contribution < -0.4 is 10.6 Å². The topological polar surface area (TPSA) is 117 Å². The van der Waals surface area contributed by atoms with Gasteiger partial charge in [0.2, 0.25) is 0 Å². The number of amidine groups is 1. The van der Waals surface area contributed by atoms with Crippen LogP contribution in [0.4, 0.5) is 5.69 Å². The number of anilines is 1. The van der Waals surface area contributed by atoms with Gasteiger partial charge < -0.3 is 20.5 Å². The van der Waals surface area contributed by atoms with Gasteiger partial charge in [0.05, 0.1) is 19.2 Å². The number of nitrogens with one attached hydrogen (secondary N) is 1. The molecule has 0 bridgehead atoms. The zero-order chi connectivity index (χ0) is 20.3. The van der Waals surface area contributed by atoms with Crippen molar-refractivity contribution in [3.8, 4) is 0 Å². The Balaban J connectivity index is 0.00000300. The molecule has 4 N–H and O–H groups in total. The van der Waals surface area contributed by atoms with Crippen LogP contribution in [0.2, 0.25) is 0 Å². The highest BCUT2D eigenvalue weighted by Gasteiger charge is 2.33. The summed E-state index contributed by atoms with van der Waals surface area (Å²) >= 11 is 0. The SMILES string of the molecule is COC1=C(c2ccc(C(=N)N)cc2)C(=O)N(c2ccc(CCC(=O)O)cc2)C1.Cl. The summed E-state index contributed by atoms with van der Waals surface area (Å²) in [5.74, 6) is -0.482. The number of carbonyl (C=O) groups is 2. The normalized spacial score (nSPS) is 13.3. The average Bonchev–Trinajstić information content (AvgIpc) is 3.03. The van der Waals surface area contributed by atoms with Crippen LogP contribution in [0.1, 0.15) is 23.1 Å². The van der Waals surface area contributed by atoms with E-state index in [0.717, 1.165) is 5.56 Å². The van der Waals surface area contributed by atoms with Crippen LogP contribution >= 0.6 is 12.4 Å². The largest absolute Gasteiger partial charge is 0.498 e. The van der Waals surface area contributed by atoms with Crippen molar-refractivity contribution in [2.45, 2.75) is 12.8 Å². The Morgan fingerprint density at radius 1 is 1.17 bits per heavy atom. The number of benzene rings is 2. The number of rotatable bonds is 7. The fraction of sp³-hybridized carbons (Fsp3) is 0.190. The van der Waals surface area contributed by atoms with E-state index in [2.05, 4.69) is 0 Å². The fourth-order valence-electron chi connectivity index (χ4n) is 3.12. The molecular formula is C21H22ClN3O4. The molecule has 3 rings (SSSR count). The lowest BCUT2D eigenvalue weighted by atomic mass is 10.0. The predicted octanol–water partition coefficient (Wildman–Crippen LogP) is 2.81. The lowest BCUT2D eigenvalue weighted by molar-refractivity contribution is -0.137. The van der Waals surface area contributed by atoms with E-state index in [4.69, 9.17) is 21.0 Å². The van der Waals surface area contributed by atoms with Crippen molar-refractivity contribution in [3.63, 3.8) is 0 Å². The van der Waals surface area contributed by atoms with Gasteiger partial charge in [-0.15, -0.1) is 12.4 Å². The minimum Gasteiger partial charge on any atom is -0.498 e. The highest BCUT2D eigenvalue weighted by molar-refractivity contribution is 6.29. The molecule has 0 aromatic heterocycles. The molecule has 1 aliphatic rings. The molecule has 29 heavy (non-hydrogen) atoms. The highest BCUT2D eigenvalue weighted by Crippen LogP contribution is 2.32. The van der Waals surface area contributed by atoms with E-state index in [1.54, 1.807) is 29.2 Å². The Hall–Kier alpha value is -3.32. The smallest absolute Gasteiger partial charge is 0.303 e. The van der Waals surface area contributed by atoms with Gasteiger partial charge in [-0.2, -0.15) is 0 Å². The first-order valence-electron chi connectivity index (χ1n) is 8.75. The van der Waals surface area contributed by atoms with Gasteiger partial charge in [0.25, 0.3) is 5.91 Å². The van der Waals surface area contributed by atoms with Crippen molar-refractivity contribution in [1.29, 1.82) is 5.41 Å². The standard InChI is InChI=1S/C21H21N3O4.ClH/c1-28-17-12-24(16-9-2-13(3-10-16)4-11-18(25)26)21(27)19(17)14-5-7-15(8-6-14)20(22)23;/h2-3,5-10H,4,11-12H2,1H3,(H3,22,23)(H,25,26);1H. The maximum atomic E-state index is 13.0. The number of ether oxygens (including phenoxy) is 1. The van der Waals surface area contributed by atoms with Crippen molar-refractivity contribution in [3.05, 3.63) is 71.0 Å². The third-order valence-electron chi connectivity index (χ3n) is 4.65. The van der Waals surface area contributed by atoms with E-state index >= 15 is 0 Å². The molecule has 0 atom stereocenters. The summed E-state index contributed by atoms with van der Waals surface area (Å²) in [6, 6.07) is 14.2. The van der Waals surface area contributed by atoms with Gasteiger partial charge in [-0.3, -0.25) is 15.0 Å². The maximum Gasteiger partial charge on any atom is 0.303 e. The number of nitrogen functional groups attached to an aromatic ring is 1. The van der Waals surface area contributed by atoms with Crippen LogP contribution in [0, 0.1) is 5.41 Å². The van der Waals surface area contributed by atoms with Crippen LogP contribution in [-0.2, 0) is 20.7 Å². The van der Waals surface area contributed by atoms with Crippen molar-refractivity contribution in [2.24, 2.45) is 5.73 Å². The molecule has 7 nitrogen and oxygen atoms in total. The first kappa shape index (κ1) is 22.0. The molecule has 2 aromatic carbocycles. The Labute approximate surface area is 174 Å². The number of aliphatic carboxylic acids is 1. The number of hydrogen-bond donors (Lipinski definition) is 3. The number of nitrogens with two attached hydrogens (primary N) is 1. The number of nitrogens with zero attached hydrogens (tertiary/aromatic N) is 1. The molecule has 1 heterocycles. The lowest BCUT2D eigenvalue weighted by Gasteiger charge is -2.17. The predicted molar refractivity (Wildman–Crippen MR) is 113 cm³/mol. The second-order valence-corrected chi connectivity index (χ2v) is 6.44. The number of carboxylic acids is 1. The molecule has 152 valence electrons. The van der Waals surface area contributed by atoms with Crippen LogP contribution in [-0.4, -0.2) is 36.5 Å². The summed E-state index contributed by atoms with van der Waals surface area (Å²) < 4.78 is 5.45. The summed E-state index contributed by atoms with van der Waals surface area (Å²) in [7, 11) is 1.53. The third kappa shape index (κ3) is 4.75. The number of amides is 1. The van der Waals surface area contributed by atoms with Gasteiger partial charge in [0.1, 0.15) is 11.6 Å². The van der Waals surface area contributed by atoms with Crippen LogP contribution in [0.3, 0.4) is 0 Å². The summed E-state index contributed by atoms with van der Waals surface area (Å²) in [6.45, 7) is 0.313. The third-order valence-corrected chi connectivity index (χ3v) is 4.65. The molecule has 8 heteroatoms. The van der Waals surface area contributed by atoms with Gasteiger partial charge in [0, 0.05) is 17.7 Å². The van der Waals surface area contributed by atoms with E-state index in [0.29, 0.717) is 41.1 Å². The van der Waals surface area contributed by atoms with Gasteiger partial charge in [-0.1, -0.05) is 36.4 Å². The molecular weight excluding hydrogens is 394 g/mol. The Morgan fingerprint density at radius 3 is 2.31 bits per heavy atom. The fourth-order valence-corrected chi connectivity index (χ4v) is 3.12. The zero-order valence-corrected chi connectivity index (χ0v) is 16.7. The van der Waals surface area contributed by atoms with E-state index in [9.17, 15) is 9.59 Å². The number of halogens is 1. The number of carbonyl (C=O) groups excluding carboxylic acids is 1. The number of carboxylic acid groups (broad SMARTS) is 1. The van der Waals surface area contributed by atoms with Gasteiger partial charge in [-0.25, -0.2) is 0 Å². The minimum absolute atomic E-state index is 0. The van der Waals surface area contributed by atoms with E-state index < -0.39 is 5.97 Å². The lowest BCUT2D eigenvalue weighted by Crippen LogP contribution is -2.26. The second-order valence-electron chi connectivity index (χ2n) is 6.44. The van der Waals surface area contributed by atoms with Crippen LogP contribution in [0.25, 0.3) is 5.57 Å². The molecule has 1 amide bonds. The molecule has 0 spiro atoms. The Kier molecular flexibility index (Phi) is 7.01. The van der Waals surface area contributed by atoms with E-state index in [1.165, 1.54) is 7.11 Å². The quantitative estimate of drug-likeness (QED) is 0.475. The molecule has 0 radical (unpaired) electrons. The van der Waals surface area contributed by atoms with Crippen molar-refractivity contribution in [2.75, 3.05) is 18.6 Å². The molecule has 0 unspecified atom stereocenters. The molecule has 0 saturated carbocycles. The van der Waals surface area contributed by atoms with E-state index in [-0.39, 0.29) is 30.6 Å². The summed E-state index contributed by atoms with van der Waals surface area (Å²) in [5, 5.41) is 16.3. The Morgan fingerprint density at radius 2 is 1.79 bits per heavy atom. The minimum atomic E-state index is -0.840. The van der Waals surface area contributed by atoms with Crippen molar-refractivity contribution in [1.82, 2.24) is 0 Å². The van der Waals surface area contributed by atoms with Crippen molar-refractivity contribution < 1.29 is 19.4 Å². The van der Waals surface area contributed by atoms with Crippen LogP contribution in [0.5, 0.6) is 0 Å². The molecule has 0 saturated heterocycles. The van der Waals surface area contributed by atoms with Gasteiger partial charge in [0.15, 0.2) is 0 Å². The number of aryl methyl sites for hydroxylation is 1. The summed E-state index contributed by atoms with van der Waals surface area (Å²) in [6.07, 6.45) is 0.511. The molecule has 2 aromatic rings. The molecule has 0 aliphatic carbocycles. The number of hydrogen-bond acceptors (Lipinski definition) is 4. The monoisotopic (exact) mass is 415 g/mol. The Bertz CT molecular complexity index is 953.